The van der Waals surface area contributed by atoms with Gasteiger partial charge in [0.1, 0.15) is 0 Å². The van der Waals surface area contributed by atoms with Gasteiger partial charge in [-0.25, -0.2) is 0 Å². The highest BCUT2D eigenvalue weighted by Crippen LogP contribution is 2.19. The molecule has 0 amide bonds. The van der Waals surface area contributed by atoms with Gasteiger partial charge in [0.15, 0.2) is 5.78 Å². The fraction of sp³-hybridized carbons (Fsp3) is 0.300. The summed E-state index contributed by atoms with van der Waals surface area (Å²) in [5, 5.41) is 9.02. The largest absolute Gasteiger partial charge is 0.299 e. The molecule has 1 aliphatic heterocycles. The molecule has 0 spiro atoms. The Balaban J connectivity index is 1.87. The number of carbonyl (C=O) groups is 1. The molecule has 0 saturated carbocycles. The number of rotatable bonds is 4. The molecule has 0 aromatic heterocycles. The molecule has 0 radical (unpaired) electrons. The van der Waals surface area contributed by atoms with Gasteiger partial charge in [0, 0.05) is 17.7 Å². The lowest BCUT2D eigenvalue weighted by molar-refractivity contribution is 0.103. The molecule has 1 heterocycles. The summed E-state index contributed by atoms with van der Waals surface area (Å²) in [6.45, 7) is 3.03. The van der Waals surface area contributed by atoms with Crippen molar-refractivity contribution in [1.82, 2.24) is 4.90 Å². The zero-order valence-corrected chi connectivity index (χ0v) is 13.2. The van der Waals surface area contributed by atoms with Crippen LogP contribution in [0.3, 0.4) is 0 Å². The molecule has 1 saturated heterocycles. The van der Waals surface area contributed by atoms with Gasteiger partial charge in [0.25, 0.3) is 0 Å². The van der Waals surface area contributed by atoms with Crippen molar-refractivity contribution in [2.75, 3.05) is 13.1 Å². The van der Waals surface area contributed by atoms with E-state index in [2.05, 4.69) is 11.0 Å². The van der Waals surface area contributed by atoms with E-state index in [1.54, 1.807) is 24.3 Å². The summed E-state index contributed by atoms with van der Waals surface area (Å²) in [5.41, 5.74) is 2.91. The minimum atomic E-state index is -0.00490. The van der Waals surface area contributed by atoms with Gasteiger partial charge in [-0.15, -0.1) is 0 Å². The van der Waals surface area contributed by atoms with Crippen LogP contribution in [0.4, 0.5) is 0 Å². The number of piperidine rings is 1. The van der Waals surface area contributed by atoms with Crippen LogP contribution in [0, 0.1) is 11.3 Å². The lowest BCUT2D eigenvalue weighted by atomic mass is 9.96. The van der Waals surface area contributed by atoms with Crippen LogP contribution in [0.1, 0.15) is 46.3 Å². The molecule has 3 rings (SSSR count). The van der Waals surface area contributed by atoms with Crippen LogP contribution in [0.2, 0.25) is 0 Å². The maximum Gasteiger partial charge on any atom is 0.193 e. The molecule has 3 heteroatoms. The number of carbonyl (C=O) groups excluding carboxylic acids is 1. The Morgan fingerprint density at radius 3 is 2.61 bits per heavy atom. The summed E-state index contributed by atoms with van der Waals surface area (Å²) < 4.78 is 0. The van der Waals surface area contributed by atoms with Crippen LogP contribution in [-0.4, -0.2) is 23.8 Å². The number of nitriles is 1. The number of benzene rings is 2. The molecule has 0 aliphatic carbocycles. The predicted octanol–water partition coefficient (Wildman–Crippen LogP) is 3.78. The van der Waals surface area contributed by atoms with Crippen molar-refractivity contribution in [2.45, 2.75) is 25.8 Å². The molecule has 23 heavy (non-hydrogen) atoms. The molecule has 3 nitrogen and oxygen atoms in total. The summed E-state index contributed by atoms with van der Waals surface area (Å²) in [4.78, 5) is 15.3. The zero-order chi connectivity index (χ0) is 16.1. The summed E-state index contributed by atoms with van der Waals surface area (Å²) in [7, 11) is 0. The van der Waals surface area contributed by atoms with Crippen LogP contribution in [-0.2, 0) is 6.54 Å². The van der Waals surface area contributed by atoms with Gasteiger partial charge in [-0.3, -0.25) is 9.69 Å². The first-order valence-corrected chi connectivity index (χ1v) is 8.13. The van der Waals surface area contributed by atoms with E-state index in [4.69, 9.17) is 5.26 Å². The van der Waals surface area contributed by atoms with Crippen molar-refractivity contribution in [1.29, 1.82) is 5.26 Å². The summed E-state index contributed by atoms with van der Waals surface area (Å²) in [6, 6.07) is 16.8. The lowest BCUT2D eigenvalue weighted by Gasteiger charge is -2.27. The third kappa shape index (κ3) is 3.67. The van der Waals surface area contributed by atoms with E-state index in [9.17, 15) is 4.79 Å². The van der Waals surface area contributed by atoms with Gasteiger partial charge >= 0.3 is 0 Å². The van der Waals surface area contributed by atoms with Gasteiger partial charge in [0.05, 0.1) is 11.6 Å². The number of ketones is 1. The Morgan fingerprint density at radius 1 is 1.04 bits per heavy atom. The van der Waals surface area contributed by atoms with E-state index in [0.717, 1.165) is 30.8 Å². The normalized spacial score (nSPS) is 15.1. The first kappa shape index (κ1) is 15.5. The summed E-state index contributed by atoms with van der Waals surface area (Å²) in [6.07, 6.45) is 3.78. The summed E-state index contributed by atoms with van der Waals surface area (Å²) in [5.74, 6) is -0.00490. The minimum Gasteiger partial charge on any atom is -0.299 e. The number of likely N-dealkylation sites (tertiary alicyclic amines) is 1. The number of hydrogen-bond acceptors (Lipinski definition) is 3. The molecular weight excluding hydrogens is 284 g/mol. The molecule has 2 aromatic rings. The van der Waals surface area contributed by atoms with E-state index < -0.39 is 0 Å². The van der Waals surface area contributed by atoms with Crippen molar-refractivity contribution in [3.05, 3.63) is 70.8 Å². The Kier molecular flexibility index (Phi) is 4.85. The van der Waals surface area contributed by atoms with Crippen molar-refractivity contribution in [2.24, 2.45) is 0 Å². The van der Waals surface area contributed by atoms with E-state index in [1.165, 1.54) is 19.3 Å². The highest BCUT2D eigenvalue weighted by molar-refractivity contribution is 6.10. The van der Waals surface area contributed by atoms with Crippen molar-refractivity contribution < 1.29 is 4.79 Å². The van der Waals surface area contributed by atoms with E-state index in [1.807, 2.05) is 24.3 Å². The molecule has 2 aromatic carbocycles. The highest BCUT2D eigenvalue weighted by atomic mass is 16.1. The standard InChI is InChI=1S/C20H20N2O/c21-14-16-7-6-9-17(13-16)20(23)19-10-3-2-8-18(19)15-22-11-4-1-5-12-22/h2-3,6-10,13H,1,4-5,11-12,15H2. The second-order valence-electron chi connectivity index (χ2n) is 6.02. The third-order valence-electron chi connectivity index (χ3n) is 4.36. The molecular formula is C20H20N2O. The minimum absolute atomic E-state index is 0.00490. The maximum atomic E-state index is 12.8. The Hall–Kier alpha value is -2.44. The van der Waals surface area contributed by atoms with Gasteiger partial charge in [-0.1, -0.05) is 42.8 Å². The molecule has 0 unspecified atom stereocenters. The van der Waals surface area contributed by atoms with Gasteiger partial charge in [0.2, 0.25) is 0 Å². The predicted molar refractivity (Wildman–Crippen MR) is 90.2 cm³/mol. The Labute approximate surface area is 137 Å². The van der Waals surface area contributed by atoms with Crippen molar-refractivity contribution >= 4 is 5.78 Å². The molecule has 1 fully saturated rings. The number of nitrogens with zero attached hydrogens (tertiary/aromatic N) is 2. The first-order valence-electron chi connectivity index (χ1n) is 8.13. The second kappa shape index (κ2) is 7.21. The smallest absolute Gasteiger partial charge is 0.193 e. The second-order valence-corrected chi connectivity index (χ2v) is 6.02. The molecule has 0 atom stereocenters. The maximum absolute atomic E-state index is 12.8. The van der Waals surface area contributed by atoms with Gasteiger partial charge in [-0.05, 0) is 43.6 Å². The van der Waals surface area contributed by atoms with Crippen LogP contribution in [0.5, 0.6) is 0 Å². The van der Waals surface area contributed by atoms with Crippen molar-refractivity contribution in [3.63, 3.8) is 0 Å². The van der Waals surface area contributed by atoms with Gasteiger partial charge in [-0.2, -0.15) is 5.26 Å². The zero-order valence-electron chi connectivity index (χ0n) is 13.2. The average Bonchev–Trinajstić information content (AvgIpc) is 2.62. The number of hydrogen-bond donors (Lipinski definition) is 0. The van der Waals surface area contributed by atoms with E-state index >= 15 is 0 Å². The monoisotopic (exact) mass is 304 g/mol. The Bertz CT molecular complexity index is 739. The van der Waals surface area contributed by atoms with Crippen LogP contribution in [0.15, 0.2) is 48.5 Å². The fourth-order valence-electron chi connectivity index (χ4n) is 3.12. The quantitative estimate of drug-likeness (QED) is 0.808. The van der Waals surface area contributed by atoms with E-state index in [0.29, 0.717) is 11.1 Å². The SMILES string of the molecule is N#Cc1cccc(C(=O)c2ccccc2CN2CCCCC2)c1. The molecule has 1 aliphatic rings. The van der Waals surface area contributed by atoms with Crippen LogP contribution < -0.4 is 0 Å². The first-order chi connectivity index (χ1) is 11.3. The Morgan fingerprint density at radius 2 is 1.83 bits per heavy atom. The molecule has 116 valence electrons. The topological polar surface area (TPSA) is 44.1 Å². The lowest BCUT2D eigenvalue weighted by Crippen LogP contribution is -2.29. The van der Waals surface area contributed by atoms with Crippen molar-refractivity contribution in [3.8, 4) is 6.07 Å². The summed E-state index contributed by atoms with van der Waals surface area (Å²) >= 11 is 0. The fourth-order valence-corrected chi connectivity index (χ4v) is 3.12. The van der Waals surface area contributed by atoms with Gasteiger partial charge < -0.3 is 0 Å². The highest BCUT2D eigenvalue weighted by Gasteiger charge is 2.17. The van der Waals surface area contributed by atoms with Crippen LogP contribution in [0.25, 0.3) is 0 Å². The third-order valence-corrected chi connectivity index (χ3v) is 4.36. The molecule has 0 N–H and O–H groups in total. The molecule has 0 bridgehead atoms. The van der Waals surface area contributed by atoms with E-state index in [-0.39, 0.29) is 5.78 Å². The van der Waals surface area contributed by atoms with Crippen LogP contribution >= 0.6 is 0 Å². The average molecular weight is 304 g/mol.